The van der Waals surface area contributed by atoms with Crippen LogP contribution in [-0.4, -0.2) is 60.9 Å². The molecule has 0 N–H and O–H groups in total. The highest BCUT2D eigenvalue weighted by molar-refractivity contribution is 5.60. The zero-order valence-electron chi connectivity index (χ0n) is 18.1. The van der Waals surface area contributed by atoms with Crippen LogP contribution in [-0.2, 0) is 24.2 Å². The molecular formula is C23H21F2N7O2. The first-order valence-corrected chi connectivity index (χ1v) is 11.0. The van der Waals surface area contributed by atoms with Gasteiger partial charge in [-0.2, -0.15) is 8.78 Å². The molecule has 6 rings (SSSR count). The molecule has 1 saturated heterocycles. The molecule has 4 aromatic rings. The van der Waals surface area contributed by atoms with Gasteiger partial charge < -0.3 is 9.15 Å². The Morgan fingerprint density at radius 1 is 1.03 bits per heavy atom. The summed E-state index contributed by atoms with van der Waals surface area (Å²) in [6, 6.07) is 10.5. The Balaban J connectivity index is 1.13. The number of aromatic nitrogens is 6. The van der Waals surface area contributed by atoms with Crippen molar-refractivity contribution in [3.8, 4) is 22.7 Å². The molecule has 0 aliphatic carbocycles. The fourth-order valence-electron chi connectivity index (χ4n) is 4.24. The van der Waals surface area contributed by atoms with Crippen LogP contribution in [0, 0.1) is 0 Å². The van der Waals surface area contributed by atoms with Crippen molar-refractivity contribution in [3.63, 3.8) is 0 Å². The maximum absolute atomic E-state index is 12.6. The number of rotatable bonds is 6. The molecule has 2 aliphatic heterocycles. The molecule has 0 radical (unpaired) electrons. The van der Waals surface area contributed by atoms with Crippen molar-refractivity contribution in [2.75, 3.05) is 19.8 Å². The average molecular weight is 465 g/mol. The number of hydrogen-bond acceptors (Lipinski definition) is 8. The van der Waals surface area contributed by atoms with Crippen molar-refractivity contribution in [1.29, 1.82) is 0 Å². The van der Waals surface area contributed by atoms with E-state index in [1.54, 1.807) is 16.8 Å². The van der Waals surface area contributed by atoms with Gasteiger partial charge in [0.25, 0.3) is 5.89 Å². The smallest absolute Gasteiger partial charge is 0.314 e. The monoisotopic (exact) mass is 465 g/mol. The first-order chi connectivity index (χ1) is 16.6. The molecule has 11 heteroatoms. The second-order valence-corrected chi connectivity index (χ2v) is 8.48. The van der Waals surface area contributed by atoms with Crippen LogP contribution in [0.1, 0.15) is 29.1 Å². The van der Waals surface area contributed by atoms with E-state index in [0.717, 1.165) is 49.7 Å². The summed E-state index contributed by atoms with van der Waals surface area (Å²) in [4.78, 5) is 6.86. The first-order valence-electron chi connectivity index (χ1n) is 11.0. The van der Waals surface area contributed by atoms with E-state index in [1.807, 2.05) is 6.20 Å². The normalized spacial score (nSPS) is 16.6. The summed E-state index contributed by atoms with van der Waals surface area (Å²) in [7, 11) is 0. The lowest BCUT2D eigenvalue weighted by atomic mass is 9.95. The summed E-state index contributed by atoms with van der Waals surface area (Å²) in [6.45, 7) is 4.11. The van der Waals surface area contributed by atoms with Gasteiger partial charge in [0.15, 0.2) is 0 Å². The van der Waals surface area contributed by atoms with Gasteiger partial charge in [-0.3, -0.25) is 9.88 Å². The number of alkyl halides is 2. The second kappa shape index (κ2) is 8.65. The van der Waals surface area contributed by atoms with Crippen LogP contribution in [0.5, 0.6) is 0 Å². The van der Waals surface area contributed by atoms with Gasteiger partial charge in [0.2, 0.25) is 5.89 Å². The Morgan fingerprint density at radius 3 is 2.65 bits per heavy atom. The van der Waals surface area contributed by atoms with Gasteiger partial charge in [0.1, 0.15) is 5.69 Å². The summed E-state index contributed by atoms with van der Waals surface area (Å²) < 4.78 is 37.3. The minimum Gasteiger partial charge on any atom is -0.415 e. The van der Waals surface area contributed by atoms with Gasteiger partial charge in [-0.05, 0) is 35.7 Å². The predicted octanol–water partition coefficient (Wildman–Crippen LogP) is 3.13. The standard InChI is InChI=1S/C23H21F2N7O2/c24-21(25)23-29-28-22(34-23)16-3-4-18(26-8-16)10-32-11-20(27-30-32)15-1-2-17-9-31(19-12-33-13-19)6-5-14(17)7-15/h1-4,7-8,11,19,21H,5-6,9-10,12-13H2. The highest BCUT2D eigenvalue weighted by Crippen LogP contribution is 2.27. The molecule has 174 valence electrons. The van der Waals surface area contributed by atoms with Crippen LogP contribution in [0.3, 0.4) is 0 Å². The number of nitrogens with zero attached hydrogens (tertiary/aromatic N) is 7. The minimum atomic E-state index is -2.80. The maximum Gasteiger partial charge on any atom is 0.314 e. The van der Waals surface area contributed by atoms with E-state index >= 15 is 0 Å². The van der Waals surface area contributed by atoms with Crippen molar-refractivity contribution in [1.82, 2.24) is 35.1 Å². The summed E-state index contributed by atoms with van der Waals surface area (Å²) in [5.74, 6) is -0.698. The lowest BCUT2D eigenvalue weighted by molar-refractivity contribution is -0.0694. The summed E-state index contributed by atoms with van der Waals surface area (Å²) >= 11 is 0. The molecule has 3 aromatic heterocycles. The Hall–Kier alpha value is -3.57. The molecule has 0 amide bonds. The molecule has 0 saturated carbocycles. The number of pyridine rings is 1. The number of hydrogen-bond donors (Lipinski definition) is 0. The maximum atomic E-state index is 12.6. The Morgan fingerprint density at radius 2 is 1.91 bits per heavy atom. The molecule has 1 fully saturated rings. The second-order valence-electron chi connectivity index (χ2n) is 8.48. The molecule has 0 spiro atoms. The molecule has 0 unspecified atom stereocenters. The third-order valence-electron chi connectivity index (χ3n) is 6.24. The SMILES string of the molecule is FC(F)c1nnc(-c2ccc(Cn3cc(-c4ccc5c(c4)CCN(C4COC4)C5)nn3)nc2)o1. The Labute approximate surface area is 193 Å². The van der Waals surface area contributed by atoms with E-state index in [0.29, 0.717) is 18.2 Å². The number of halogens is 2. The zero-order valence-corrected chi connectivity index (χ0v) is 18.1. The lowest BCUT2D eigenvalue weighted by Gasteiger charge is -2.40. The van der Waals surface area contributed by atoms with Crippen molar-refractivity contribution in [2.24, 2.45) is 0 Å². The third-order valence-corrected chi connectivity index (χ3v) is 6.24. The fraction of sp³-hybridized carbons (Fsp3) is 0.348. The number of benzene rings is 1. The predicted molar refractivity (Wildman–Crippen MR) is 116 cm³/mol. The van der Waals surface area contributed by atoms with Gasteiger partial charge in [-0.25, -0.2) is 4.68 Å². The van der Waals surface area contributed by atoms with Gasteiger partial charge >= 0.3 is 6.43 Å². The Kier molecular flexibility index (Phi) is 5.34. The summed E-state index contributed by atoms with van der Waals surface area (Å²) in [5.41, 5.74) is 5.77. The topological polar surface area (TPSA) is 95.0 Å². The largest absolute Gasteiger partial charge is 0.415 e. The van der Waals surface area contributed by atoms with Crippen LogP contribution in [0.25, 0.3) is 22.7 Å². The Bertz CT molecular complexity index is 1300. The fourth-order valence-corrected chi connectivity index (χ4v) is 4.24. The highest BCUT2D eigenvalue weighted by atomic mass is 19.3. The highest BCUT2D eigenvalue weighted by Gasteiger charge is 2.28. The molecule has 1 aromatic carbocycles. The lowest BCUT2D eigenvalue weighted by Crippen LogP contribution is -2.50. The van der Waals surface area contributed by atoms with E-state index < -0.39 is 12.3 Å². The third kappa shape index (κ3) is 4.08. The minimum absolute atomic E-state index is 0.00828. The average Bonchev–Trinajstić information content (AvgIpc) is 3.49. The van der Waals surface area contributed by atoms with E-state index in [-0.39, 0.29) is 5.89 Å². The van der Waals surface area contributed by atoms with E-state index in [1.165, 1.54) is 17.3 Å². The number of ether oxygens (including phenoxy) is 1. The van der Waals surface area contributed by atoms with Crippen LogP contribution >= 0.6 is 0 Å². The summed E-state index contributed by atoms with van der Waals surface area (Å²) in [6.07, 6.45) is 1.62. The van der Waals surface area contributed by atoms with Crippen LogP contribution < -0.4 is 0 Å². The van der Waals surface area contributed by atoms with Crippen molar-refractivity contribution in [3.05, 3.63) is 65.4 Å². The van der Waals surface area contributed by atoms with E-state index in [9.17, 15) is 8.78 Å². The molecule has 34 heavy (non-hydrogen) atoms. The van der Waals surface area contributed by atoms with Gasteiger partial charge in [-0.15, -0.1) is 15.3 Å². The first kappa shape index (κ1) is 21.0. The molecule has 2 aliphatic rings. The molecule has 5 heterocycles. The van der Waals surface area contributed by atoms with E-state index in [4.69, 9.17) is 9.15 Å². The van der Waals surface area contributed by atoms with Gasteiger partial charge in [0, 0.05) is 24.8 Å². The molecular weight excluding hydrogens is 444 g/mol. The van der Waals surface area contributed by atoms with Gasteiger partial charge in [0.05, 0.1) is 43.3 Å². The zero-order chi connectivity index (χ0) is 23.1. The van der Waals surface area contributed by atoms with Gasteiger partial charge in [-0.1, -0.05) is 17.3 Å². The van der Waals surface area contributed by atoms with Crippen molar-refractivity contribution < 1.29 is 17.9 Å². The van der Waals surface area contributed by atoms with Crippen LogP contribution in [0.4, 0.5) is 8.78 Å². The van der Waals surface area contributed by atoms with E-state index in [2.05, 4.69) is 48.6 Å². The molecule has 9 nitrogen and oxygen atoms in total. The molecule has 0 atom stereocenters. The molecule has 0 bridgehead atoms. The van der Waals surface area contributed by atoms with Crippen LogP contribution in [0.2, 0.25) is 0 Å². The number of fused-ring (bicyclic) bond motifs is 1. The van der Waals surface area contributed by atoms with Crippen molar-refractivity contribution in [2.45, 2.75) is 32.0 Å². The quantitative estimate of drug-likeness (QED) is 0.429. The van der Waals surface area contributed by atoms with Crippen molar-refractivity contribution >= 4 is 0 Å². The van der Waals surface area contributed by atoms with Crippen LogP contribution in [0.15, 0.2) is 47.1 Å². The summed E-state index contributed by atoms with van der Waals surface area (Å²) in [5, 5.41) is 15.5.